The molecule has 3 heterocycles. The molecule has 2 aliphatic rings. The van der Waals surface area contributed by atoms with Gasteiger partial charge >= 0.3 is 0 Å². The van der Waals surface area contributed by atoms with Gasteiger partial charge in [-0.15, -0.1) is 0 Å². The average Bonchev–Trinajstić information content (AvgIpc) is 3.31. The van der Waals surface area contributed by atoms with Crippen LogP contribution in [-0.4, -0.2) is 26.9 Å². The van der Waals surface area contributed by atoms with E-state index < -0.39 is 0 Å². The van der Waals surface area contributed by atoms with E-state index in [9.17, 15) is 0 Å². The van der Waals surface area contributed by atoms with Crippen molar-refractivity contribution in [1.29, 1.82) is 0 Å². The van der Waals surface area contributed by atoms with Gasteiger partial charge in [0.15, 0.2) is 0 Å². The lowest BCUT2D eigenvalue weighted by molar-refractivity contribution is 0.162. The minimum absolute atomic E-state index is 0.129. The highest BCUT2D eigenvalue weighted by molar-refractivity contribution is 6.30. The summed E-state index contributed by atoms with van der Waals surface area (Å²) in [5.74, 6) is 0. The second-order valence-corrected chi connectivity index (χ2v) is 8.74. The molecule has 0 saturated heterocycles. The SMILES string of the molecule is CC1N=NN2C(C)CC(Nc3ccc(Cl)cc3)c3cc(-c4cnn(C)c4)ccc3C12. The molecule has 1 aromatic heterocycles. The van der Waals surface area contributed by atoms with Gasteiger partial charge in [0.05, 0.1) is 24.3 Å². The largest absolute Gasteiger partial charge is 0.378 e. The van der Waals surface area contributed by atoms with Gasteiger partial charge in [-0.2, -0.15) is 10.2 Å². The van der Waals surface area contributed by atoms with Gasteiger partial charge in [-0.05, 0) is 67.3 Å². The van der Waals surface area contributed by atoms with Crippen LogP contribution in [0, 0.1) is 0 Å². The van der Waals surface area contributed by atoms with Crippen molar-refractivity contribution in [1.82, 2.24) is 14.8 Å². The predicted octanol–water partition coefficient (Wildman–Crippen LogP) is 5.80. The van der Waals surface area contributed by atoms with Crippen LogP contribution in [0.2, 0.25) is 5.02 Å². The van der Waals surface area contributed by atoms with Crippen LogP contribution >= 0.6 is 11.6 Å². The first-order chi connectivity index (χ1) is 14.5. The Morgan fingerprint density at radius 2 is 1.83 bits per heavy atom. The summed E-state index contributed by atoms with van der Waals surface area (Å²) in [5, 5.41) is 20.0. The van der Waals surface area contributed by atoms with E-state index in [0.717, 1.165) is 22.7 Å². The summed E-state index contributed by atoms with van der Waals surface area (Å²) in [6.07, 6.45) is 4.89. The number of benzene rings is 2. The number of halogens is 1. The van der Waals surface area contributed by atoms with Gasteiger partial charge in [-0.3, -0.25) is 9.69 Å². The molecule has 0 radical (unpaired) electrons. The lowest BCUT2D eigenvalue weighted by atomic mass is 9.90. The summed E-state index contributed by atoms with van der Waals surface area (Å²) in [6, 6.07) is 15.4. The molecule has 6 nitrogen and oxygen atoms in total. The number of nitrogens with zero attached hydrogens (tertiary/aromatic N) is 5. The first kappa shape index (κ1) is 19.1. The molecule has 0 spiro atoms. The van der Waals surface area contributed by atoms with E-state index in [1.165, 1.54) is 16.7 Å². The molecule has 0 saturated carbocycles. The fourth-order valence-electron chi connectivity index (χ4n) is 4.60. The van der Waals surface area contributed by atoms with Gasteiger partial charge in [-0.1, -0.05) is 29.0 Å². The lowest BCUT2D eigenvalue weighted by Gasteiger charge is -2.27. The molecule has 2 aromatic carbocycles. The Hall–Kier alpha value is -2.86. The van der Waals surface area contributed by atoms with E-state index in [-0.39, 0.29) is 24.2 Å². The van der Waals surface area contributed by atoms with Crippen LogP contribution < -0.4 is 5.32 Å². The number of hydrogen-bond acceptors (Lipinski definition) is 5. The van der Waals surface area contributed by atoms with Gasteiger partial charge in [-0.25, -0.2) is 0 Å². The van der Waals surface area contributed by atoms with E-state index >= 15 is 0 Å². The van der Waals surface area contributed by atoms with Crippen molar-refractivity contribution in [3.63, 3.8) is 0 Å². The standard InChI is InChI=1S/C23H25ClN6/c1-14-10-22(26-19-7-5-18(24)6-8-19)21-11-16(17-12-25-29(3)13-17)4-9-20(21)23-15(2)27-28-30(14)23/h4-9,11-15,22-23,26H,10H2,1-3H3. The molecule has 5 rings (SSSR count). The number of aromatic nitrogens is 2. The molecule has 0 fully saturated rings. The summed E-state index contributed by atoms with van der Waals surface area (Å²) < 4.78 is 1.84. The van der Waals surface area contributed by atoms with Crippen molar-refractivity contribution < 1.29 is 0 Å². The maximum absolute atomic E-state index is 6.09. The molecule has 7 heteroatoms. The number of fused-ring (bicyclic) bond motifs is 3. The number of anilines is 1. The van der Waals surface area contributed by atoms with Crippen LogP contribution in [0.5, 0.6) is 0 Å². The summed E-state index contributed by atoms with van der Waals surface area (Å²) in [6.45, 7) is 4.38. The van der Waals surface area contributed by atoms with Crippen molar-refractivity contribution in [2.24, 2.45) is 17.4 Å². The van der Waals surface area contributed by atoms with E-state index in [1.54, 1.807) is 0 Å². The third-order valence-electron chi connectivity index (χ3n) is 6.11. The highest BCUT2D eigenvalue weighted by Gasteiger charge is 2.40. The maximum atomic E-state index is 6.09. The Kier molecular flexibility index (Phi) is 4.74. The van der Waals surface area contributed by atoms with Crippen LogP contribution in [-0.2, 0) is 7.05 Å². The summed E-state index contributed by atoms with van der Waals surface area (Å²) >= 11 is 6.09. The van der Waals surface area contributed by atoms with E-state index in [0.29, 0.717) is 0 Å². The zero-order chi connectivity index (χ0) is 20.8. The Balaban J connectivity index is 1.60. The van der Waals surface area contributed by atoms with Gasteiger partial charge < -0.3 is 5.32 Å². The minimum Gasteiger partial charge on any atom is -0.378 e. The fourth-order valence-corrected chi connectivity index (χ4v) is 4.73. The molecule has 0 bridgehead atoms. The normalized spacial score (nSPS) is 25.0. The predicted molar refractivity (Wildman–Crippen MR) is 119 cm³/mol. The Labute approximate surface area is 181 Å². The van der Waals surface area contributed by atoms with E-state index in [2.05, 4.69) is 64.0 Å². The fraction of sp³-hybridized carbons (Fsp3) is 0.348. The first-order valence-corrected chi connectivity index (χ1v) is 10.7. The lowest BCUT2D eigenvalue weighted by Crippen LogP contribution is -2.31. The monoisotopic (exact) mass is 420 g/mol. The van der Waals surface area contributed by atoms with Crippen molar-refractivity contribution in [2.75, 3.05) is 5.32 Å². The summed E-state index contributed by atoms with van der Waals surface area (Å²) in [4.78, 5) is 0. The third kappa shape index (κ3) is 3.35. The molecular weight excluding hydrogens is 396 g/mol. The van der Waals surface area contributed by atoms with Gasteiger partial charge in [0.1, 0.15) is 0 Å². The molecule has 2 aliphatic heterocycles. The third-order valence-corrected chi connectivity index (χ3v) is 6.36. The molecule has 30 heavy (non-hydrogen) atoms. The number of hydrogen-bond donors (Lipinski definition) is 1. The number of nitrogens with one attached hydrogen (secondary N) is 1. The highest BCUT2D eigenvalue weighted by atomic mass is 35.5. The van der Waals surface area contributed by atoms with Crippen molar-refractivity contribution in [3.8, 4) is 11.1 Å². The van der Waals surface area contributed by atoms with Crippen molar-refractivity contribution >= 4 is 17.3 Å². The Morgan fingerprint density at radius 3 is 2.57 bits per heavy atom. The van der Waals surface area contributed by atoms with Crippen LogP contribution in [0.3, 0.4) is 0 Å². The summed E-state index contributed by atoms with van der Waals surface area (Å²) in [5.41, 5.74) is 5.94. The zero-order valence-corrected chi connectivity index (χ0v) is 18.1. The minimum atomic E-state index is 0.129. The smallest absolute Gasteiger partial charge is 0.0983 e. The van der Waals surface area contributed by atoms with Gasteiger partial charge in [0.2, 0.25) is 0 Å². The molecule has 154 valence electrons. The second-order valence-electron chi connectivity index (χ2n) is 8.31. The first-order valence-electron chi connectivity index (χ1n) is 10.3. The molecule has 3 aromatic rings. The van der Waals surface area contributed by atoms with Gasteiger partial charge in [0.25, 0.3) is 0 Å². The van der Waals surface area contributed by atoms with Gasteiger partial charge in [0, 0.05) is 35.6 Å². The average molecular weight is 421 g/mol. The van der Waals surface area contributed by atoms with Crippen LogP contribution in [0.25, 0.3) is 11.1 Å². The van der Waals surface area contributed by atoms with Crippen LogP contribution in [0.4, 0.5) is 5.69 Å². The van der Waals surface area contributed by atoms with Crippen molar-refractivity contribution in [3.05, 3.63) is 71.0 Å². The topological polar surface area (TPSA) is 57.8 Å². The second kappa shape index (κ2) is 7.43. The summed E-state index contributed by atoms with van der Waals surface area (Å²) in [7, 11) is 1.95. The number of aryl methyl sites for hydroxylation is 1. The van der Waals surface area contributed by atoms with E-state index in [1.807, 2.05) is 42.2 Å². The Bertz CT molecular complexity index is 1090. The van der Waals surface area contributed by atoms with E-state index in [4.69, 9.17) is 11.6 Å². The maximum Gasteiger partial charge on any atom is 0.0983 e. The highest BCUT2D eigenvalue weighted by Crippen LogP contribution is 2.44. The molecule has 4 atom stereocenters. The Morgan fingerprint density at radius 1 is 1.03 bits per heavy atom. The van der Waals surface area contributed by atoms with Crippen molar-refractivity contribution in [2.45, 2.75) is 44.4 Å². The quantitative estimate of drug-likeness (QED) is 0.582. The molecule has 4 unspecified atom stereocenters. The number of rotatable bonds is 3. The molecular formula is C23H25ClN6. The molecule has 0 amide bonds. The van der Waals surface area contributed by atoms with Crippen LogP contribution in [0.1, 0.15) is 43.5 Å². The van der Waals surface area contributed by atoms with Crippen LogP contribution in [0.15, 0.2) is 65.2 Å². The molecule has 1 N–H and O–H groups in total. The zero-order valence-electron chi connectivity index (χ0n) is 17.3. The molecule has 0 aliphatic carbocycles.